The van der Waals surface area contributed by atoms with E-state index in [4.69, 9.17) is 4.74 Å². The van der Waals surface area contributed by atoms with E-state index in [-0.39, 0.29) is 5.97 Å². The van der Waals surface area contributed by atoms with Gasteiger partial charge in [-0.3, -0.25) is 4.98 Å². The minimum absolute atomic E-state index is 0.303. The second kappa shape index (κ2) is 7.06. The van der Waals surface area contributed by atoms with Gasteiger partial charge in [0.15, 0.2) is 0 Å². The van der Waals surface area contributed by atoms with Crippen molar-refractivity contribution >= 4 is 5.97 Å². The van der Waals surface area contributed by atoms with Crippen molar-refractivity contribution in [3.8, 4) is 0 Å². The number of esters is 1. The van der Waals surface area contributed by atoms with Crippen molar-refractivity contribution < 1.29 is 9.53 Å². The maximum absolute atomic E-state index is 11.2. The smallest absolute Gasteiger partial charge is 0.339 e. The van der Waals surface area contributed by atoms with Crippen LogP contribution >= 0.6 is 0 Å². The molecule has 0 amide bonds. The third-order valence-corrected chi connectivity index (χ3v) is 1.53. The molecule has 0 N–H and O–H groups in total. The Morgan fingerprint density at radius 1 is 1.50 bits per heavy atom. The highest BCUT2D eigenvalue weighted by molar-refractivity contribution is 5.90. The predicted molar refractivity (Wildman–Crippen MR) is 56.3 cm³/mol. The molecule has 1 heterocycles. The summed E-state index contributed by atoms with van der Waals surface area (Å²) in [5.41, 5.74) is 1.43. The number of nitrogens with zero attached hydrogens (tertiary/aromatic N) is 1. The number of rotatable bonds is 2. The van der Waals surface area contributed by atoms with E-state index in [1.165, 1.54) is 6.20 Å². The van der Waals surface area contributed by atoms with Gasteiger partial charge in [-0.25, -0.2) is 4.79 Å². The van der Waals surface area contributed by atoms with Crippen molar-refractivity contribution in [2.24, 2.45) is 0 Å². The molecular formula is C11H17NO2. The Kier molecular flexibility index (Phi) is 6.37. The maximum atomic E-state index is 11.2. The van der Waals surface area contributed by atoms with Crippen LogP contribution in [0.25, 0.3) is 0 Å². The lowest BCUT2D eigenvalue weighted by atomic mass is 10.2. The molecule has 0 fully saturated rings. The van der Waals surface area contributed by atoms with Gasteiger partial charge in [0.25, 0.3) is 0 Å². The summed E-state index contributed by atoms with van der Waals surface area (Å²) in [6, 6.07) is 1.78. The maximum Gasteiger partial charge on any atom is 0.339 e. The molecule has 0 aliphatic heterocycles. The Balaban J connectivity index is 0.000000791. The van der Waals surface area contributed by atoms with Crippen LogP contribution in [0, 0.1) is 6.92 Å². The van der Waals surface area contributed by atoms with Crippen LogP contribution in [-0.2, 0) is 4.74 Å². The molecule has 3 heteroatoms. The molecule has 0 atom stereocenters. The van der Waals surface area contributed by atoms with Gasteiger partial charge in [0, 0.05) is 12.4 Å². The lowest BCUT2D eigenvalue weighted by molar-refractivity contribution is 0.0525. The summed E-state index contributed by atoms with van der Waals surface area (Å²) in [6.45, 7) is 8.03. The first-order valence-electron chi connectivity index (χ1n) is 4.83. The van der Waals surface area contributed by atoms with Crippen LogP contribution in [0.15, 0.2) is 18.5 Å². The molecule has 0 saturated heterocycles. The topological polar surface area (TPSA) is 39.2 Å². The van der Waals surface area contributed by atoms with Crippen LogP contribution in [0.2, 0.25) is 0 Å². The Hall–Kier alpha value is -1.38. The number of ether oxygens (including phenoxy) is 1. The summed E-state index contributed by atoms with van der Waals surface area (Å²) in [4.78, 5) is 15.1. The summed E-state index contributed by atoms with van der Waals surface area (Å²) >= 11 is 0. The monoisotopic (exact) mass is 195 g/mol. The van der Waals surface area contributed by atoms with E-state index in [1.54, 1.807) is 19.2 Å². The molecule has 0 aliphatic rings. The number of aromatic nitrogens is 1. The Morgan fingerprint density at radius 3 is 2.64 bits per heavy atom. The second-order valence-electron chi connectivity index (χ2n) is 2.41. The van der Waals surface area contributed by atoms with Gasteiger partial charge in [-0.05, 0) is 25.5 Å². The summed E-state index contributed by atoms with van der Waals surface area (Å²) in [7, 11) is 0. The van der Waals surface area contributed by atoms with E-state index in [1.807, 2.05) is 20.8 Å². The molecule has 0 bridgehead atoms. The highest BCUT2D eigenvalue weighted by Crippen LogP contribution is 2.06. The number of aryl methyl sites for hydroxylation is 1. The fourth-order valence-corrected chi connectivity index (χ4v) is 0.887. The zero-order valence-electron chi connectivity index (χ0n) is 9.20. The van der Waals surface area contributed by atoms with Crippen molar-refractivity contribution in [2.45, 2.75) is 27.7 Å². The van der Waals surface area contributed by atoms with E-state index >= 15 is 0 Å². The fourth-order valence-electron chi connectivity index (χ4n) is 0.887. The Morgan fingerprint density at radius 2 is 2.14 bits per heavy atom. The van der Waals surface area contributed by atoms with Gasteiger partial charge in [0.05, 0.1) is 12.2 Å². The van der Waals surface area contributed by atoms with Gasteiger partial charge in [-0.15, -0.1) is 0 Å². The molecule has 1 aromatic rings. The largest absolute Gasteiger partial charge is 0.462 e. The standard InChI is InChI=1S/C9H11NO2.C2H6/c1-3-12-9(11)8-6-10-5-4-7(8)2;1-2/h4-6H,3H2,1-2H3;1-2H3. The van der Waals surface area contributed by atoms with Crippen LogP contribution in [0.5, 0.6) is 0 Å². The van der Waals surface area contributed by atoms with E-state index < -0.39 is 0 Å². The van der Waals surface area contributed by atoms with Gasteiger partial charge in [0.2, 0.25) is 0 Å². The molecule has 0 radical (unpaired) electrons. The first-order chi connectivity index (χ1) is 6.75. The molecule has 0 aliphatic carbocycles. The molecule has 0 unspecified atom stereocenters. The summed E-state index contributed by atoms with van der Waals surface area (Å²) < 4.78 is 4.83. The average Bonchev–Trinajstić information content (AvgIpc) is 2.22. The molecule has 3 nitrogen and oxygen atoms in total. The van der Waals surface area contributed by atoms with Crippen LogP contribution in [0.1, 0.15) is 36.7 Å². The SMILES string of the molecule is CC.CCOC(=O)c1cnccc1C. The first-order valence-corrected chi connectivity index (χ1v) is 4.83. The summed E-state index contributed by atoms with van der Waals surface area (Å²) in [5, 5.41) is 0. The molecule has 14 heavy (non-hydrogen) atoms. The van der Waals surface area contributed by atoms with Gasteiger partial charge < -0.3 is 4.74 Å². The van der Waals surface area contributed by atoms with Gasteiger partial charge >= 0.3 is 5.97 Å². The Bertz CT molecular complexity index is 284. The number of carbonyl (C=O) groups is 1. The molecule has 0 saturated carbocycles. The van der Waals surface area contributed by atoms with Crippen molar-refractivity contribution in [1.29, 1.82) is 0 Å². The molecule has 0 spiro atoms. The predicted octanol–water partition coefficient (Wildman–Crippen LogP) is 2.59. The normalized spacial score (nSPS) is 8.57. The molecular weight excluding hydrogens is 178 g/mol. The van der Waals surface area contributed by atoms with Crippen LogP contribution < -0.4 is 0 Å². The van der Waals surface area contributed by atoms with Gasteiger partial charge in [-0.2, -0.15) is 0 Å². The van der Waals surface area contributed by atoms with Crippen molar-refractivity contribution in [2.75, 3.05) is 6.61 Å². The summed E-state index contributed by atoms with van der Waals surface area (Å²) in [5.74, 6) is -0.303. The van der Waals surface area contributed by atoms with Crippen molar-refractivity contribution in [3.05, 3.63) is 29.6 Å². The fraction of sp³-hybridized carbons (Fsp3) is 0.455. The number of pyridine rings is 1. The highest BCUT2D eigenvalue weighted by atomic mass is 16.5. The van der Waals surface area contributed by atoms with Crippen LogP contribution in [0.3, 0.4) is 0 Å². The minimum atomic E-state index is -0.303. The van der Waals surface area contributed by atoms with Gasteiger partial charge in [0.1, 0.15) is 0 Å². The van der Waals surface area contributed by atoms with E-state index in [9.17, 15) is 4.79 Å². The molecule has 1 aromatic heterocycles. The lowest BCUT2D eigenvalue weighted by Crippen LogP contribution is -2.06. The number of hydrogen-bond acceptors (Lipinski definition) is 3. The number of hydrogen-bond donors (Lipinski definition) is 0. The molecule has 1 rings (SSSR count). The average molecular weight is 195 g/mol. The van der Waals surface area contributed by atoms with Crippen molar-refractivity contribution in [3.63, 3.8) is 0 Å². The lowest BCUT2D eigenvalue weighted by Gasteiger charge is -2.02. The third kappa shape index (κ3) is 3.56. The molecule has 0 aromatic carbocycles. The Labute approximate surface area is 85.1 Å². The van der Waals surface area contributed by atoms with Gasteiger partial charge in [-0.1, -0.05) is 13.8 Å². The minimum Gasteiger partial charge on any atom is -0.462 e. The quantitative estimate of drug-likeness (QED) is 0.681. The second-order valence-corrected chi connectivity index (χ2v) is 2.41. The highest BCUT2D eigenvalue weighted by Gasteiger charge is 2.08. The zero-order valence-corrected chi connectivity index (χ0v) is 9.20. The number of carbonyl (C=O) groups excluding carboxylic acids is 1. The van der Waals surface area contributed by atoms with Crippen LogP contribution in [0.4, 0.5) is 0 Å². The van der Waals surface area contributed by atoms with E-state index in [0.29, 0.717) is 12.2 Å². The van der Waals surface area contributed by atoms with E-state index in [2.05, 4.69) is 4.98 Å². The molecule has 78 valence electrons. The van der Waals surface area contributed by atoms with Crippen molar-refractivity contribution in [1.82, 2.24) is 4.98 Å². The van der Waals surface area contributed by atoms with Crippen LogP contribution in [-0.4, -0.2) is 17.6 Å². The van der Waals surface area contributed by atoms with E-state index in [0.717, 1.165) is 5.56 Å². The third-order valence-electron chi connectivity index (χ3n) is 1.53. The first kappa shape index (κ1) is 12.6. The summed E-state index contributed by atoms with van der Waals surface area (Å²) in [6.07, 6.45) is 3.17. The zero-order chi connectivity index (χ0) is 11.0.